The van der Waals surface area contributed by atoms with Crippen LogP contribution in [0.3, 0.4) is 0 Å². The number of rotatable bonds is 7. The molecule has 5 rings (SSSR count). The summed E-state index contributed by atoms with van der Waals surface area (Å²) in [7, 11) is -3.79. The Kier molecular flexibility index (Phi) is 7.53. The zero-order chi connectivity index (χ0) is 23.2. The third-order valence-corrected chi connectivity index (χ3v) is 26.5. The molecule has 166 valence electrons. The molecule has 4 heteroatoms. The van der Waals surface area contributed by atoms with Gasteiger partial charge in [0.05, 0.1) is 0 Å². The van der Waals surface area contributed by atoms with Crippen molar-refractivity contribution in [3.8, 4) is 0 Å². The lowest BCUT2D eigenvalue weighted by Crippen LogP contribution is -2.53. The highest BCUT2D eigenvalue weighted by atomic mass is 35.5. The van der Waals surface area contributed by atoms with Gasteiger partial charge in [-0.1, -0.05) is 173 Å². The van der Waals surface area contributed by atoms with Crippen LogP contribution in [-0.4, -0.2) is 16.9 Å². The number of hydrogen-bond acceptors (Lipinski definition) is 0. The summed E-state index contributed by atoms with van der Waals surface area (Å²) < 4.78 is 0. The first-order chi connectivity index (χ1) is 16.8. The highest BCUT2D eigenvalue weighted by molar-refractivity contribution is 8.21. The van der Waals surface area contributed by atoms with E-state index < -0.39 is 23.9 Å². The lowest BCUT2D eigenvalue weighted by Gasteiger charge is -2.35. The first-order valence-corrected chi connectivity index (χ1v) is 18.8. The summed E-state index contributed by atoms with van der Waals surface area (Å²) in [5, 5.41) is 8.27. The third kappa shape index (κ3) is 5.16. The van der Waals surface area contributed by atoms with Crippen molar-refractivity contribution < 1.29 is 0 Å². The van der Waals surface area contributed by atoms with Crippen molar-refractivity contribution in [2.75, 3.05) is 0 Å². The zero-order valence-corrected chi connectivity index (χ0v) is 22.8. The van der Waals surface area contributed by atoms with E-state index in [1.54, 1.807) is 0 Å². The van der Waals surface area contributed by atoms with Crippen molar-refractivity contribution in [3.63, 3.8) is 0 Å². The van der Waals surface area contributed by atoms with Crippen molar-refractivity contribution >= 4 is 61.6 Å². The summed E-state index contributed by atoms with van der Waals surface area (Å²) in [6.07, 6.45) is 0. The summed E-state index contributed by atoms with van der Waals surface area (Å²) in [4.78, 5) is 0. The molecule has 0 heterocycles. The Labute approximate surface area is 211 Å². The van der Waals surface area contributed by atoms with E-state index in [1.807, 2.05) is 6.07 Å². The lowest BCUT2D eigenvalue weighted by molar-refractivity contribution is 1.73. The van der Waals surface area contributed by atoms with Gasteiger partial charge in [0.15, 0.2) is 0 Å². The average Bonchev–Trinajstić information content (AvgIpc) is 2.91. The Balaban J connectivity index is 1.80. The van der Waals surface area contributed by atoms with Crippen LogP contribution in [0.15, 0.2) is 146 Å². The molecule has 0 aliphatic heterocycles. The molecule has 0 spiro atoms. The maximum absolute atomic E-state index is 6.62. The van der Waals surface area contributed by atoms with Gasteiger partial charge in [0, 0.05) is 5.02 Å². The molecule has 34 heavy (non-hydrogen) atoms. The molecule has 0 bridgehead atoms. The Bertz CT molecular complexity index is 1150. The molecule has 0 unspecified atom stereocenters. The van der Waals surface area contributed by atoms with Crippen LogP contribution in [0.2, 0.25) is 5.02 Å². The van der Waals surface area contributed by atoms with E-state index in [0.717, 1.165) is 5.02 Å². The summed E-state index contributed by atoms with van der Waals surface area (Å²) in [5.74, 6) is 0. The maximum atomic E-state index is 6.62. The molecule has 0 aliphatic carbocycles. The van der Waals surface area contributed by atoms with Gasteiger partial charge in [0.1, 0.15) is 16.9 Å². The molecule has 0 fully saturated rings. The Morgan fingerprint density at radius 1 is 0.412 bits per heavy atom. The second-order valence-corrected chi connectivity index (χ2v) is 22.6. The van der Waals surface area contributed by atoms with Crippen LogP contribution in [0.4, 0.5) is 0 Å². The van der Waals surface area contributed by atoms with Gasteiger partial charge in [0.2, 0.25) is 0 Å². The summed E-state index contributed by atoms with van der Waals surface area (Å²) in [5.41, 5.74) is 0. The van der Waals surface area contributed by atoms with E-state index in [4.69, 9.17) is 11.6 Å². The highest BCUT2D eigenvalue weighted by Crippen LogP contribution is 2.41. The molecule has 5 aromatic rings. The number of halogens is 1. The minimum absolute atomic E-state index is 0.511. The smallest absolute Gasteiger partial charge is 0.0859 e. The second-order valence-electron chi connectivity index (χ2n) is 8.33. The van der Waals surface area contributed by atoms with E-state index in [-0.39, 0.29) is 0 Å². The highest BCUT2D eigenvalue weighted by Gasteiger charge is 2.36. The van der Waals surface area contributed by atoms with Gasteiger partial charge in [-0.25, -0.2) is 0 Å². The van der Waals surface area contributed by atoms with Crippen LogP contribution in [0, 0.1) is 0 Å². The number of hydrogen-bond donors (Lipinski definition) is 0. The van der Waals surface area contributed by atoms with Crippen LogP contribution in [-0.2, 0) is 0 Å². The average molecular weight is 509 g/mol. The minimum atomic E-state index is -1.64. The van der Waals surface area contributed by atoms with Gasteiger partial charge < -0.3 is 0 Å². The number of benzene rings is 5. The Morgan fingerprint density at radius 3 is 1.09 bits per heavy atom. The Hall–Kier alpha value is -2.75. The van der Waals surface area contributed by atoms with Gasteiger partial charge in [-0.2, -0.15) is 0 Å². The second kappa shape index (κ2) is 11.1. The largest absolute Gasteiger partial charge is 0.129 e. The van der Waals surface area contributed by atoms with Gasteiger partial charge >= 0.3 is 0 Å². The lowest BCUT2D eigenvalue weighted by atomic mass is 10.4. The molecule has 0 amide bonds. The predicted molar refractivity (Wildman–Crippen MR) is 157 cm³/mol. The molecule has 0 saturated carbocycles. The molecule has 5 aromatic carbocycles. The molecule has 0 aliphatic rings. The maximum Gasteiger partial charge on any atom is 0.129 e. The fourth-order valence-electron chi connectivity index (χ4n) is 4.65. The van der Waals surface area contributed by atoms with E-state index in [1.165, 1.54) is 26.1 Å². The van der Waals surface area contributed by atoms with Gasteiger partial charge in [0.25, 0.3) is 0 Å². The summed E-state index contributed by atoms with van der Waals surface area (Å²) >= 11 is 6.62. The van der Waals surface area contributed by atoms with Crippen LogP contribution in [0.1, 0.15) is 0 Å². The van der Waals surface area contributed by atoms with Crippen LogP contribution < -0.4 is 26.1 Å². The van der Waals surface area contributed by atoms with E-state index in [9.17, 15) is 0 Å². The molecule has 0 atom stereocenters. The quantitative estimate of drug-likeness (QED) is 0.224. The molecule has 0 radical (unpaired) electrons. The topological polar surface area (TPSA) is 0 Å². The normalized spacial score (nSPS) is 11.3. The first kappa shape index (κ1) is 23.0. The minimum Gasteiger partial charge on any atom is -0.0859 e. The van der Waals surface area contributed by atoms with E-state index >= 15 is 0 Å². The van der Waals surface area contributed by atoms with Gasteiger partial charge in [-0.15, -0.1) is 0 Å². The molecule has 0 saturated heterocycles. The molecular weight excluding hydrogens is 483 g/mol. The van der Waals surface area contributed by atoms with Crippen molar-refractivity contribution in [3.05, 3.63) is 151 Å². The van der Waals surface area contributed by atoms with Gasteiger partial charge in [-0.3, -0.25) is 0 Å². The van der Waals surface area contributed by atoms with E-state index in [2.05, 4.69) is 140 Å². The first-order valence-electron chi connectivity index (χ1n) is 11.5. The zero-order valence-electron chi connectivity index (χ0n) is 18.8. The molecule has 0 nitrogen and oxygen atoms in total. The molecular formula is C30H26ClPSi2. The fourth-order valence-corrected chi connectivity index (χ4v) is 29.2. The van der Waals surface area contributed by atoms with Gasteiger partial charge in [-0.05, 0) is 17.4 Å². The molecule has 0 N–H and O–H groups in total. The Morgan fingerprint density at radius 2 is 0.765 bits per heavy atom. The molecule has 0 aromatic heterocycles. The van der Waals surface area contributed by atoms with Crippen molar-refractivity contribution in [1.82, 2.24) is 0 Å². The van der Waals surface area contributed by atoms with Crippen LogP contribution in [0.5, 0.6) is 0 Å². The fraction of sp³-hybridized carbons (Fsp3) is 0. The van der Waals surface area contributed by atoms with Crippen molar-refractivity contribution in [2.45, 2.75) is 0 Å². The monoisotopic (exact) mass is 508 g/mol. The van der Waals surface area contributed by atoms with Crippen molar-refractivity contribution in [1.29, 1.82) is 0 Å². The summed E-state index contributed by atoms with van der Waals surface area (Å²) in [6, 6.07) is 53.6. The van der Waals surface area contributed by atoms with Crippen LogP contribution >= 0.6 is 18.6 Å². The predicted octanol–water partition coefficient (Wildman–Crippen LogP) is 4.52. The standard InChI is InChI=1S/C30H26ClPSi2/c31-25-14-13-15-26(24-25)32(33(27-16-5-1-6-17-27)28-18-7-2-8-19-28)34(29-20-9-3-10-21-29)30-22-11-4-12-23-30/h1-24,33-34H. The van der Waals surface area contributed by atoms with Crippen LogP contribution in [0.25, 0.3) is 0 Å². The van der Waals surface area contributed by atoms with E-state index in [0.29, 0.717) is 0 Å². The summed E-state index contributed by atoms with van der Waals surface area (Å²) in [6.45, 7) is 0. The van der Waals surface area contributed by atoms with Crippen molar-refractivity contribution in [2.24, 2.45) is 0 Å². The third-order valence-electron chi connectivity index (χ3n) is 6.12. The SMILES string of the molecule is Clc1cccc(P([SiH](c2ccccc2)c2ccccc2)[SiH](c2ccccc2)c2ccccc2)c1.